The summed E-state index contributed by atoms with van der Waals surface area (Å²) >= 11 is 0. The number of aromatic nitrogens is 1. The SMILES string of the molecule is COc1cc(-n2ccc(-c3ccc(C4CC4)cc3)cc2=O)ccc1OCC(C)(C)O. The molecule has 1 aliphatic carbocycles. The molecule has 0 radical (unpaired) electrons. The monoisotopic (exact) mass is 405 g/mol. The summed E-state index contributed by atoms with van der Waals surface area (Å²) in [6.07, 6.45) is 4.33. The highest BCUT2D eigenvalue weighted by molar-refractivity contribution is 5.63. The van der Waals surface area contributed by atoms with E-state index in [-0.39, 0.29) is 12.2 Å². The van der Waals surface area contributed by atoms with Gasteiger partial charge in [-0.3, -0.25) is 9.36 Å². The molecule has 30 heavy (non-hydrogen) atoms. The maximum atomic E-state index is 12.8. The van der Waals surface area contributed by atoms with Crippen LogP contribution in [-0.2, 0) is 0 Å². The third kappa shape index (κ3) is 4.57. The van der Waals surface area contributed by atoms with Crippen LogP contribution in [0.2, 0.25) is 0 Å². The highest BCUT2D eigenvalue weighted by atomic mass is 16.5. The zero-order valence-electron chi connectivity index (χ0n) is 17.6. The van der Waals surface area contributed by atoms with Gasteiger partial charge in [-0.05, 0) is 67.5 Å². The van der Waals surface area contributed by atoms with Crippen LogP contribution in [0.15, 0.2) is 65.6 Å². The van der Waals surface area contributed by atoms with Crippen LogP contribution in [0.5, 0.6) is 11.5 Å². The number of aliphatic hydroxyl groups is 1. The third-order valence-electron chi connectivity index (χ3n) is 5.22. The van der Waals surface area contributed by atoms with Crippen molar-refractivity contribution >= 4 is 0 Å². The Morgan fingerprint density at radius 3 is 2.33 bits per heavy atom. The summed E-state index contributed by atoms with van der Waals surface area (Å²) < 4.78 is 12.7. The van der Waals surface area contributed by atoms with Crippen molar-refractivity contribution < 1.29 is 14.6 Å². The van der Waals surface area contributed by atoms with Gasteiger partial charge in [-0.2, -0.15) is 0 Å². The van der Waals surface area contributed by atoms with Gasteiger partial charge in [0.05, 0.1) is 18.4 Å². The molecule has 0 unspecified atom stereocenters. The molecule has 0 saturated heterocycles. The van der Waals surface area contributed by atoms with E-state index in [2.05, 4.69) is 24.3 Å². The topological polar surface area (TPSA) is 60.7 Å². The van der Waals surface area contributed by atoms with Gasteiger partial charge in [0.25, 0.3) is 5.56 Å². The zero-order chi connectivity index (χ0) is 21.3. The number of hydrogen-bond acceptors (Lipinski definition) is 4. The number of hydrogen-bond donors (Lipinski definition) is 1. The number of ether oxygens (including phenoxy) is 2. The average Bonchev–Trinajstić information content (AvgIpc) is 3.57. The number of pyridine rings is 1. The van der Waals surface area contributed by atoms with Crippen molar-refractivity contribution in [2.45, 2.75) is 38.2 Å². The lowest BCUT2D eigenvalue weighted by Gasteiger charge is -2.19. The molecule has 1 heterocycles. The van der Waals surface area contributed by atoms with Crippen LogP contribution in [0.25, 0.3) is 16.8 Å². The minimum atomic E-state index is -0.951. The molecule has 1 N–H and O–H groups in total. The summed E-state index contributed by atoms with van der Waals surface area (Å²) in [6.45, 7) is 3.49. The highest BCUT2D eigenvalue weighted by Gasteiger charge is 2.23. The van der Waals surface area contributed by atoms with Gasteiger partial charge >= 0.3 is 0 Å². The van der Waals surface area contributed by atoms with Crippen molar-refractivity contribution in [3.05, 3.63) is 76.7 Å². The Morgan fingerprint density at radius 1 is 1.00 bits per heavy atom. The molecule has 4 rings (SSSR count). The van der Waals surface area contributed by atoms with Crippen LogP contribution in [0.3, 0.4) is 0 Å². The van der Waals surface area contributed by atoms with Crippen molar-refractivity contribution in [2.24, 2.45) is 0 Å². The second-order valence-corrected chi connectivity index (χ2v) is 8.46. The van der Waals surface area contributed by atoms with Crippen LogP contribution in [0, 0.1) is 0 Å². The maximum absolute atomic E-state index is 12.8. The molecule has 3 aromatic rings. The second kappa shape index (κ2) is 8.00. The van der Waals surface area contributed by atoms with Crippen LogP contribution < -0.4 is 15.0 Å². The van der Waals surface area contributed by atoms with Gasteiger partial charge in [0.15, 0.2) is 11.5 Å². The van der Waals surface area contributed by atoms with Crippen molar-refractivity contribution in [3.63, 3.8) is 0 Å². The van der Waals surface area contributed by atoms with Crippen LogP contribution in [0.4, 0.5) is 0 Å². The number of benzene rings is 2. The lowest BCUT2D eigenvalue weighted by atomic mass is 10.0. The summed E-state index contributed by atoms with van der Waals surface area (Å²) in [5, 5.41) is 9.87. The molecule has 0 amide bonds. The van der Waals surface area contributed by atoms with E-state index in [9.17, 15) is 9.90 Å². The van der Waals surface area contributed by atoms with Crippen molar-refractivity contribution in [3.8, 4) is 28.3 Å². The lowest BCUT2D eigenvalue weighted by molar-refractivity contribution is 0.0276. The van der Waals surface area contributed by atoms with Gasteiger partial charge in [-0.1, -0.05) is 24.3 Å². The van der Waals surface area contributed by atoms with E-state index in [1.165, 1.54) is 18.4 Å². The molecule has 5 nitrogen and oxygen atoms in total. The Hall–Kier alpha value is -3.05. The first-order valence-electron chi connectivity index (χ1n) is 10.2. The molecule has 156 valence electrons. The van der Waals surface area contributed by atoms with E-state index < -0.39 is 5.60 Å². The minimum Gasteiger partial charge on any atom is -0.493 e. The minimum absolute atomic E-state index is 0.119. The summed E-state index contributed by atoms with van der Waals surface area (Å²) in [4.78, 5) is 12.8. The van der Waals surface area contributed by atoms with Gasteiger partial charge in [0.2, 0.25) is 0 Å². The molecule has 1 saturated carbocycles. The third-order valence-corrected chi connectivity index (χ3v) is 5.22. The molecule has 0 bridgehead atoms. The fourth-order valence-corrected chi connectivity index (χ4v) is 3.42. The smallest absolute Gasteiger partial charge is 0.255 e. The highest BCUT2D eigenvalue weighted by Crippen LogP contribution is 2.40. The molecule has 0 spiro atoms. The Balaban J connectivity index is 1.58. The zero-order valence-corrected chi connectivity index (χ0v) is 17.6. The Kier molecular flexibility index (Phi) is 5.39. The lowest BCUT2D eigenvalue weighted by Crippen LogP contribution is -2.28. The van der Waals surface area contributed by atoms with Gasteiger partial charge in [0.1, 0.15) is 6.61 Å². The Bertz CT molecular complexity index is 1090. The fourth-order valence-electron chi connectivity index (χ4n) is 3.42. The molecule has 0 aliphatic heterocycles. The van der Waals surface area contributed by atoms with E-state index in [1.54, 1.807) is 56.0 Å². The van der Waals surface area contributed by atoms with E-state index >= 15 is 0 Å². The van der Waals surface area contributed by atoms with Gasteiger partial charge in [0, 0.05) is 18.3 Å². The van der Waals surface area contributed by atoms with E-state index in [0.29, 0.717) is 17.2 Å². The predicted molar refractivity (Wildman–Crippen MR) is 118 cm³/mol. The standard InChI is InChI=1S/C25H27NO4/c1-25(2,28)16-30-22-11-10-21(15-23(22)29-3)26-13-12-20(14-24(26)27)19-8-6-18(7-9-19)17-4-5-17/h6-15,17,28H,4-5,16H2,1-3H3. The van der Waals surface area contributed by atoms with Gasteiger partial charge < -0.3 is 14.6 Å². The molecule has 1 aromatic heterocycles. The van der Waals surface area contributed by atoms with Crippen molar-refractivity contribution in [1.82, 2.24) is 4.57 Å². The largest absolute Gasteiger partial charge is 0.493 e. The number of methoxy groups -OCH3 is 1. The molecule has 1 fully saturated rings. The van der Waals surface area contributed by atoms with E-state index in [0.717, 1.165) is 17.0 Å². The molecular weight excluding hydrogens is 378 g/mol. The summed E-state index contributed by atoms with van der Waals surface area (Å²) in [6, 6.07) is 17.4. The molecule has 5 heteroatoms. The van der Waals surface area contributed by atoms with Gasteiger partial charge in [-0.25, -0.2) is 0 Å². The normalized spacial score (nSPS) is 13.9. The number of nitrogens with zero attached hydrogens (tertiary/aromatic N) is 1. The Labute approximate surface area is 176 Å². The van der Waals surface area contributed by atoms with E-state index in [4.69, 9.17) is 9.47 Å². The fraction of sp³-hybridized carbons (Fsp3) is 0.320. The first-order valence-corrected chi connectivity index (χ1v) is 10.2. The Morgan fingerprint density at radius 2 is 1.73 bits per heavy atom. The first kappa shape index (κ1) is 20.2. The average molecular weight is 405 g/mol. The number of rotatable bonds is 7. The molecular formula is C25H27NO4. The van der Waals surface area contributed by atoms with Gasteiger partial charge in [-0.15, -0.1) is 0 Å². The van der Waals surface area contributed by atoms with Crippen LogP contribution in [-0.4, -0.2) is 29.0 Å². The van der Waals surface area contributed by atoms with Crippen LogP contribution >= 0.6 is 0 Å². The predicted octanol–water partition coefficient (Wildman–Crippen LogP) is 4.54. The van der Waals surface area contributed by atoms with Crippen molar-refractivity contribution in [2.75, 3.05) is 13.7 Å². The summed E-state index contributed by atoms with van der Waals surface area (Å²) in [7, 11) is 1.55. The summed E-state index contributed by atoms with van der Waals surface area (Å²) in [5.74, 6) is 1.74. The maximum Gasteiger partial charge on any atom is 0.255 e. The first-order chi connectivity index (χ1) is 14.3. The molecule has 1 aliphatic rings. The van der Waals surface area contributed by atoms with Crippen molar-refractivity contribution in [1.29, 1.82) is 0 Å². The van der Waals surface area contributed by atoms with Crippen LogP contribution in [0.1, 0.15) is 38.2 Å². The summed E-state index contributed by atoms with van der Waals surface area (Å²) in [5.41, 5.74) is 2.93. The van der Waals surface area contributed by atoms with E-state index in [1.807, 2.05) is 6.07 Å². The quantitative estimate of drug-likeness (QED) is 0.627. The molecule has 2 aromatic carbocycles. The second-order valence-electron chi connectivity index (χ2n) is 8.46. The molecule has 0 atom stereocenters.